The van der Waals surface area contributed by atoms with Crippen LogP contribution in [0.2, 0.25) is 0 Å². The minimum Gasteiger partial charge on any atom is -0.392 e. The van der Waals surface area contributed by atoms with Gasteiger partial charge in [0.05, 0.1) is 29.6 Å². The molecular weight excluding hydrogens is 300 g/mol. The van der Waals surface area contributed by atoms with E-state index < -0.39 is 0 Å². The Kier molecular flexibility index (Phi) is 4.23. The van der Waals surface area contributed by atoms with Crippen LogP contribution in [0.1, 0.15) is 16.8 Å². The molecule has 0 unspecified atom stereocenters. The number of rotatable bonds is 3. The first kappa shape index (κ1) is 15.7. The van der Waals surface area contributed by atoms with E-state index in [0.717, 1.165) is 27.9 Å². The second kappa shape index (κ2) is 6.49. The first-order valence-electron chi connectivity index (χ1n) is 7.47. The van der Waals surface area contributed by atoms with E-state index in [1.807, 2.05) is 43.3 Å². The van der Waals surface area contributed by atoms with Crippen molar-refractivity contribution < 1.29 is 5.11 Å². The Labute approximate surface area is 140 Å². The van der Waals surface area contributed by atoms with Crippen LogP contribution in [-0.4, -0.2) is 15.1 Å². The van der Waals surface area contributed by atoms with Crippen LogP contribution < -0.4 is 5.73 Å². The molecule has 0 amide bonds. The number of aryl methyl sites for hydroxylation is 1. The van der Waals surface area contributed by atoms with Crippen LogP contribution in [0, 0.1) is 18.3 Å². The molecule has 0 fully saturated rings. The third kappa shape index (κ3) is 2.96. The predicted molar refractivity (Wildman–Crippen MR) is 92.7 cm³/mol. The van der Waals surface area contributed by atoms with E-state index in [4.69, 9.17) is 11.0 Å². The molecule has 0 saturated carbocycles. The van der Waals surface area contributed by atoms with Gasteiger partial charge in [-0.3, -0.25) is 0 Å². The van der Waals surface area contributed by atoms with Gasteiger partial charge in [0.2, 0.25) is 5.95 Å². The molecule has 1 heterocycles. The van der Waals surface area contributed by atoms with Crippen molar-refractivity contribution in [1.29, 1.82) is 5.26 Å². The zero-order chi connectivity index (χ0) is 17.1. The molecule has 24 heavy (non-hydrogen) atoms. The van der Waals surface area contributed by atoms with Gasteiger partial charge in [0.1, 0.15) is 0 Å². The van der Waals surface area contributed by atoms with Crippen molar-refractivity contribution in [3.63, 3.8) is 0 Å². The van der Waals surface area contributed by atoms with Gasteiger partial charge in [0.25, 0.3) is 0 Å². The minimum absolute atomic E-state index is 0.00539. The van der Waals surface area contributed by atoms with Gasteiger partial charge in [-0.15, -0.1) is 0 Å². The van der Waals surface area contributed by atoms with Crippen LogP contribution in [0.15, 0.2) is 48.5 Å². The maximum Gasteiger partial charge on any atom is 0.220 e. The molecule has 5 nitrogen and oxygen atoms in total. The molecule has 3 N–H and O–H groups in total. The summed E-state index contributed by atoms with van der Waals surface area (Å²) in [5.41, 5.74) is 11.3. The van der Waals surface area contributed by atoms with Crippen molar-refractivity contribution in [2.45, 2.75) is 13.5 Å². The van der Waals surface area contributed by atoms with Crippen molar-refractivity contribution in [2.24, 2.45) is 0 Å². The zero-order valence-corrected chi connectivity index (χ0v) is 13.2. The van der Waals surface area contributed by atoms with Gasteiger partial charge in [0, 0.05) is 11.1 Å². The number of hydrogen-bond acceptors (Lipinski definition) is 5. The Morgan fingerprint density at radius 2 is 1.83 bits per heavy atom. The number of hydrogen-bond donors (Lipinski definition) is 2. The lowest BCUT2D eigenvalue weighted by Crippen LogP contribution is -2.02. The highest BCUT2D eigenvalue weighted by atomic mass is 16.3. The lowest BCUT2D eigenvalue weighted by atomic mass is 9.96. The molecule has 118 valence electrons. The molecule has 5 heteroatoms. The molecule has 3 rings (SSSR count). The van der Waals surface area contributed by atoms with E-state index in [9.17, 15) is 5.11 Å². The molecule has 0 atom stereocenters. The molecule has 0 spiro atoms. The Morgan fingerprint density at radius 1 is 1.08 bits per heavy atom. The van der Waals surface area contributed by atoms with Gasteiger partial charge in [-0.2, -0.15) is 5.26 Å². The first-order chi connectivity index (χ1) is 11.6. The lowest BCUT2D eigenvalue weighted by molar-refractivity contribution is 0.282. The van der Waals surface area contributed by atoms with Crippen LogP contribution in [0.25, 0.3) is 22.4 Å². The average Bonchev–Trinajstić information content (AvgIpc) is 2.61. The Morgan fingerprint density at radius 3 is 2.50 bits per heavy atom. The normalized spacial score (nSPS) is 10.4. The molecular formula is C19H16N4O. The Bertz CT molecular complexity index is 927. The fourth-order valence-electron chi connectivity index (χ4n) is 2.66. The number of aliphatic hydroxyl groups excluding tert-OH is 1. The van der Waals surface area contributed by atoms with E-state index in [0.29, 0.717) is 11.3 Å². The highest BCUT2D eigenvalue weighted by Crippen LogP contribution is 2.33. The van der Waals surface area contributed by atoms with E-state index in [2.05, 4.69) is 16.0 Å². The lowest BCUT2D eigenvalue weighted by Gasteiger charge is -2.13. The van der Waals surface area contributed by atoms with Crippen LogP contribution in [0.4, 0.5) is 5.95 Å². The number of nitrogens with two attached hydrogens (primary N) is 1. The standard InChI is InChI=1S/C19H16N4O/c1-12-17(15-7-5-13(11-24)6-8-15)18(23-19(21)22-12)16-4-2-3-14(9-16)10-20/h2-9,24H,11H2,1H3,(H2,21,22,23). The fourth-order valence-corrected chi connectivity index (χ4v) is 2.66. The van der Waals surface area contributed by atoms with Crippen LogP contribution >= 0.6 is 0 Å². The molecule has 2 aromatic carbocycles. The Balaban J connectivity index is 2.23. The van der Waals surface area contributed by atoms with Gasteiger partial charge in [0.15, 0.2) is 0 Å². The Hall–Kier alpha value is -3.23. The summed E-state index contributed by atoms with van der Waals surface area (Å²) in [5, 5.41) is 18.3. The van der Waals surface area contributed by atoms with Gasteiger partial charge in [-0.25, -0.2) is 9.97 Å². The SMILES string of the molecule is Cc1nc(N)nc(-c2cccc(C#N)c2)c1-c1ccc(CO)cc1. The largest absolute Gasteiger partial charge is 0.392 e. The minimum atomic E-state index is -0.00539. The number of nitrogens with zero attached hydrogens (tertiary/aromatic N) is 3. The maximum atomic E-state index is 9.21. The molecule has 0 aliphatic carbocycles. The number of benzene rings is 2. The van der Waals surface area contributed by atoms with Gasteiger partial charge in [-0.05, 0) is 30.2 Å². The monoisotopic (exact) mass is 316 g/mol. The summed E-state index contributed by atoms with van der Waals surface area (Å²) in [6.45, 7) is 1.87. The summed E-state index contributed by atoms with van der Waals surface area (Å²) in [7, 11) is 0. The van der Waals surface area contributed by atoms with Gasteiger partial charge in [-0.1, -0.05) is 36.4 Å². The second-order valence-electron chi connectivity index (χ2n) is 5.44. The average molecular weight is 316 g/mol. The first-order valence-corrected chi connectivity index (χ1v) is 7.47. The van der Waals surface area contributed by atoms with Gasteiger partial charge >= 0.3 is 0 Å². The molecule has 0 radical (unpaired) electrons. The van der Waals surface area contributed by atoms with Crippen LogP contribution in [0.5, 0.6) is 0 Å². The van der Waals surface area contributed by atoms with Crippen molar-refractivity contribution >= 4 is 5.95 Å². The summed E-state index contributed by atoms with van der Waals surface area (Å²) >= 11 is 0. The molecule has 0 bridgehead atoms. The van der Waals surface area contributed by atoms with E-state index in [1.165, 1.54) is 0 Å². The second-order valence-corrected chi connectivity index (χ2v) is 5.44. The predicted octanol–water partition coefficient (Wildman–Crippen LogP) is 3.07. The summed E-state index contributed by atoms with van der Waals surface area (Å²) in [4.78, 5) is 8.68. The van der Waals surface area contributed by atoms with E-state index >= 15 is 0 Å². The number of aliphatic hydroxyl groups is 1. The van der Waals surface area contributed by atoms with Crippen LogP contribution in [-0.2, 0) is 6.61 Å². The van der Waals surface area contributed by atoms with Gasteiger partial charge < -0.3 is 10.8 Å². The summed E-state index contributed by atoms with van der Waals surface area (Å²) < 4.78 is 0. The van der Waals surface area contributed by atoms with Crippen molar-refractivity contribution in [1.82, 2.24) is 9.97 Å². The van der Waals surface area contributed by atoms with Crippen LogP contribution in [0.3, 0.4) is 0 Å². The third-order valence-corrected chi connectivity index (χ3v) is 3.80. The summed E-state index contributed by atoms with van der Waals surface area (Å²) in [6.07, 6.45) is 0. The maximum absolute atomic E-state index is 9.21. The van der Waals surface area contributed by atoms with E-state index in [-0.39, 0.29) is 12.6 Å². The molecule has 0 saturated heterocycles. The van der Waals surface area contributed by atoms with Crippen molar-refractivity contribution in [3.8, 4) is 28.5 Å². The number of nitrogen functional groups attached to an aromatic ring is 1. The quantitative estimate of drug-likeness (QED) is 0.774. The molecule has 0 aliphatic rings. The fraction of sp³-hybridized carbons (Fsp3) is 0.105. The third-order valence-electron chi connectivity index (χ3n) is 3.80. The highest BCUT2D eigenvalue weighted by Gasteiger charge is 2.15. The summed E-state index contributed by atoms with van der Waals surface area (Å²) in [5.74, 6) is 0.195. The summed E-state index contributed by atoms with van der Waals surface area (Å²) in [6, 6.07) is 17.0. The molecule has 3 aromatic rings. The molecule has 0 aliphatic heterocycles. The zero-order valence-electron chi connectivity index (χ0n) is 13.2. The number of anilines is 1. The van der Waals surface area contributed by atoms with Crippen molar-refractivity contribution in [2.75, 3.05) is 5.73 Å². The number of aromatic nitrogens is 2. The smallest absolute Gasteiger partial charge is 0.220 e. The highest BCUT2D eigenvalue weighted by molar-refractivity contribution is 5.83. The van der Waals surface area contributed by atoms with Crippen molar-refractivity contribution in [3.05, 3.63) is 65.4 Å². The number of nitriles is 1. The molecule has 1 aromatic heterocycles. The topological polar surface area (TPSA) is 95.8 Å². The van der Waals surface area contributed by atoms with E-state index in [1.54, 1.807) is 12.1 Å².